The van der Waals surface area contributed by atoms with E-state index in [2.05, 4.69) is 23.0 Å². The number of ether oxygens (including phenoxy) is 1. The average Bonchev–Trinajstić information content (AvgIpc) is 3.20. The molecule has 1 heterocycles. The smallest absolute Gasteiger partial charge is 0.253 e. The number of likely N-dealkylation sites (N-methyl/N-ethyl adjacent to an activating group) is 1. The van der Waals surface area contributed by atoms with Crippen molar-refractivity contribution in [3.05, 3.63) is 65.2 Å². The molecule has 0 aromatic heterocycles. The molecule has 3 rings (SSSR count). The summed E-state index contributed by atoms with van der Waals surface area (Å²) in [7, 11) is 3.50. The van der Waals surface area contributed by atoms with E-state index in [1.807, 2.05) is 43.4 Å². The van der Waals surface area contributed by atoms with Crippen LogP contribution in [0, 0.1) is 0 Å². The van der Waals surface area contributed by atoms with Gasteiger partial charge in [0.1, 0.15) is 5.75 Å². The Bertz CT molecular complexity index is 712. The molecule has 1 saturated heterocycles. The van der Waals surface area contributed by atoms with E-state index in [4.69, 9.17) is 4.74 Å². The Morgan fingerprint density at radius 3 is 2.56 bits per heavy atom. The number of amides is 1. The summed E-state index contributed by atoms with van der Waals surface area (Å²) in [4.78, 5) is 14.5. The molecule has 1 aliphatic heterocycles. The number of hydrogen-bond acceptors (Lipinski definition) is 4. The van der Waals surface area contributed by atoms with Gasteiger partial charge >= 0.3 is 0 Å². The number of nitrogens with zero attached hydrogens (tertiary/aromatic N) is 1. The molecule has 2 N–H and O–H groups in total. The lowest BCUT2D eigenvalue weighted by atomic mass is 9.97. The number of methoxy groups -OCH3 is 1. The molecule has 2 aromatic rings. The second-order valence-electron chi connectivity index (χ2n) is 6.38. The lowest BCUT2D eigenvalue weighted by Gasteiger charge is -2.19. The average molecular weight is 339 g/mol. The largest absolute Gasteiger partial charge is 0.496 e. The summed E-state index contributed by atoms with van der Waals surface area (Å²) in [6.07, 6.45) is 0.845. The predicted molar refractivity (Wildman–Crippen MR) is 98.8 cm³/mol. The van der Waals surface area contributed by atoms with E-state index in [0.717, 1.165) is 30.8 Å². The van der Waals surface area contributed by atoms with Gasteiger partial charge in [0.05, 0.1) is 7.11 Å². The fourth-order valence-corrected chi connectivity index (χ4v) is 3.13. The summed E-state index contributed by atoms with van der Waals surface area (Å²) < 4.78 is 5.53. The lowest BCUT2D eigenvalue weighted by molar-refractivity contribution is 0.0796. The van der Waals surface area contributed by atoms with Gasteiger partial charge in [-0.05, 0) is 29.7 Å². The van der Waals surface area contributed by atoms with Crippen LogP contribution in [-0.2, 0) is 6.42 Å². The van der Waals surface area contributed by atoms with Crippen molar-refractivity contribution >= 4 is 5.91 Å². The molecule has 0 radical (unpaired) electrons. The van der Waals surface area contributed by atoms with E-state index in [0.29, 0.717) is 18.0 Å². The Labute approximate surface area is 149 Å². The van der Waals surface area contributed by atoms with Crippen molar-refractivity contribution < 1.29 is 9.53 Å². The highest BCUT2D eigenvalue weighted by Gasteiger charge is 2.22. The van der Waals surface area contributed by atoms with Crippen molar-refractivity contribution in [2.75, 3.05) is 33.8 Å². The monoisotopic (exact) mass is 339 g/mol. The summed E-state index contributed by atoms with van der Waals surface area (Å²) in [5.41, 5.74) is 9.28. The number of carbonyl (C=O) groups excluding carboxylic acids is 1. The summed E-state index contributed by atoms with van der Waals surface area (Å²) >= 11 is 0. The van der Waals surface area contributed by atoms with Crippen molar-refractivity contribution in [3.8, 4) is 5.75 Å². The van der Waals surface area contributed by atoms with Crippen molar-refractivity contribution in [1.82, 2.24) is 15.8 Å². The number of carbonyl (C=O) groups is 1. The SMILES string of the molecule is COc1cc(C(=O)N(C)CCc2ccccc2)ccc1C1CNNC1. The maximum atomic E-state index is 12.7. The van der Waals surface area contributed by atoms with Crippen molar-refractivity contribution in [2.24, 2.45) is 0 Å². The molecule has 0 atom stereocenters. The molecule has 0 unspecified atom stereocenters. The molecule has 132 valence electrons. The fraction of sp³-hybridized carbons (Fsp3) is 0.350. The summed E-state index contributed by atoms with van der Waals surface area (Å²) in [6.45, 7) is 2.41. The Hall–Kier alpha value is -2.37. The highest BCUT2D eigenvalue weighted by molar-refractivity contribution is 5.94. The molecule has 0 aliphatic carbocycles. The second kappa shape index (κ2) is 8.14. The molecule has 0 bridgehead atoms. The van der Waals surface area contributed by atoms with Crippen LogP contribution in [0.1, 0.15) is 27.4 Å². The van der Waals surface area contributed by atoms with Crippen molar-refractivity contribution in [3.63, 3.8) is 0 Å². The van der Waals surface area contributed by atoms with Crippen LogP contribution in [0.15, 0.2) is 48.5 Å². The number of rotatable bonds is 6. The third-order valence-electron chi connectivity index (χ3n) is 4.67. The van der Waals surface area contributed by atoms with E-state index in [-0.39, 0.29) is 5.91 Å². The molecule has 2 aromatic carbocycles. The number of benzene rings is 2. The zero-order valence-corrected chi connectivity index (χ0v) is 14.8. The quantitative estimate of drug-likeness (QED) is 0.847. The number of nitrogens with one attached hydrogen (secondary N) is 2. The van der Waals surface area contributed by atoms with Crippen molar-refractivity contribution in [1.29, 1.82) is 0 Å². The van der Waals surface area contributed by atoms with Gasteiger partial charge in [-0.15, -0.1) is 0 Å². The first-order valence-electron chi connectivity index (χ1n) is 8.62. The molecular formula is C20H25N3O2. The standard InChI is InChI=1S/C20H25N3O2/c1-23(11-10-15-6-4-3-5-7-15)20(24)16-8-9-18(19(12-16)25-2)17-13-21-22-14-17/h3-9,12,17,21-22H,10-11,13-14H2,1-2H3. The molecular weight excluding hydrogens is 314 g/mol. The van der Waals surface area contributed by atoms with Gasteiger partial charge in [-0.2, -0.15) is 0 Å². The zero-order valence-electron chi connectivity index (χ0n) is 14.8. The van der Waals surface area contributed by atoms with Gasteiger partial charge in [-0.1, -0.05) is 36.4 Å². The minimum atomic E-state index is 0.0171. The first-order chi connectivity index (χ1) is 12.2. The first-order valence-corrected chi connectivity index (χ1v) is 8.62. The molecule has 1 aliphatic rings. The lowest BCUT2D eigenvalue weighted by Crippen LogP contribution is -2.29. The van der Waals surface area contributed by atoms with E-state index in [9.17, 15) is 4.79 Å². The van der Waals surface area contributed by atoms with Crippen LogP contribution in [0.4, 0.5) is 0 Å². The molecule has 0 spiro atoms. The van der Waals surface area contributed by atoms with Crippen LogP contribution in [0.3, 0.4) is 0 Å². The third kappa shape index (κ3) is 4.18. The topological polar surface area (TPSA) is 53.6 Å². The minimum Gasteiger partial charge on any atom is -0.496 e. The van der Waals surface area contributed by atoms with Crippen LogP contribution in [-0.4, -0.2) is 44.6 Å². The minimum absolute atomic E-state index is 0.0171. The van der Waals surface area contributed by atoms with Crippen molar-refractivity contribution in [2.45, 2.75) is 12.3 Å². The fourth-order valence-electron chi connectivity index (χ4n) is 3.13. The maximum Gasteiger partial charge on any atom is 0.253 e. The van der Waals surface area contributed by atoms with Crippen LogP contribution in [0.2, 0.25) is 0 Å². The molecule has 1 fully saturated rings. The Morgan fingerprint density at radius 2 is 1.88 bits per heavy atom. The van der Waals surface area contributed by atoms with E-state index < -0.39 is 0 Å². The molecule has 5 nitrogen and oxygen atoms in total. The van der Waals surface area contributed by atoms with Crippen LogP contribution >= 0.6 is 0 Å². The first kappa shape index (κ1) is 17.5. The van der Waals surface area contributed by atoms with Gasteiger partial charge in [0.2, 0.25) is 0 Å². The summed E-state index contributed by atoms with van der Waals surface area (Å²) in [5.74, 6) is 1.15. The zero-order chi connectivity index (χ0) is 17.6. The highest BCUT2D eigenvalue weighted by atomic mass is 16.5. The molecule has 25 heavy (non-hydrogen) atoms. The normalized spacial score (nSPS) is 14.5. The molecule has 0 saturated carbocycles. The van der Waals surface area contributed by atoms with Crippen LogP contribution in [0.5, 0.6) is 5.75 Å². The van der Waals surface area contributed by atoms with E-state index >= 15 is 0 Å². The van der Waals surface area contributed by atoms with Gasteiger partial charge in [-0.25, -0.2) is 0 Å². The van der Waals surface area contributed by atoms with Crippen LogP contribution in [0.25, 0.3) is 0 Å². The van der Waals surface area contributed by atoms with Gasteiger partial charge in [0, 0.05) is 38.2 Å². The summed E-state index contributed by atoms with van der Waals surface area (Å²) in [6, 6.07) is 16.0. The van der Waals surface area contributed by atoms with E-state index in [1.54, 1.807) is 12.0 Å². The van der Waals surface area contributed by atoms with Crippen LogP contribution < -0.4 is 15.6 Å². The van der Waals surface area contributed by atoms with E-state index in [1.165, 1.54) is 5.56 Å². The van der Waals surface area contributed by atoms with Gasteiger partial charge < -0.3 is 9.64 Å². The molecule has 1 amide bonds. The van der Waals surface area contributed by atoms with Gasteiger partial charge in [0.25, 0.3) is 5.91 Å². The molecule has 5 heteroatoms. The Balaban J connectivity index is 1.68. The maximum absolute atomic E-state index is 12.7. The van der Waals surface area contributed by atoms with Gasteiger partial charge in [-0.3, -0.25) is 15.6 Å². The van der Waals surface area contributed by atoms with Gasteiger partial charge in [0.15, 0.2) is 0 Å². The third-order valence-corrected chi connectivity index (χ3v) is 4.67. The highest BCUT2D eigenvalue weighted by Crippen LogP contribution is 2.28. The predicted octanol–water partition coefficient (Wildman–Crippen LogP) is 2.20. The summed E-state index contributed by atoms with van der Waals surface area (Å²) in [5, 5.41) is 0. The Morgan fingerprint density at radius 1 is 1.16 bits per heavy atom. The number of hydrogen-bond donors (Lipinski definition) is 2. The Kier molecular flexibility index (Phi) is 5.68. The second-order valence-corrected chi connectivity index (χ2v) is 6.38. The number of hydrazine groups is 1.